The van der Waals surface area contributed by atoms with Crippen LogP contribution in [0.2, 0.25) is 0 Å². The number of carbonyl (C=O) groups is 1. The van der Waals surface area contributed by atoms with Gasteiger partial charge in [0.2, 0.25) is 0 Å². The van der Waals surface area contributed by atoms with Crippen molar-refractivity contribution in [2.75, 3.05) is 5.32 Å². The molecule has 0 saturated carbocycles. The molecule has 2 aromatic carbocycles. The number of nitrogens with one attached hydrogen (secondary N) is 2. The molecule has 4 aromatic rings. The van der Waals surface area contributed by atoms with Crippen molar-refractivity contribution in [3.63, 3.8) is 0 Å². The van der Waals surface area contributed by atoms with Crippen LogP contribution >= 0.6 is 0 Å². The molecule has 0 fully saturated rings. The highest BCUT2D eigenvalue weighted by Crippen LogP contribution is 2.16. The molecule has 112 valence electrons. The Hall–Kier alpha value is -3.34. The minimum atomic E-state index is -0.143. The third-order valence-corrected chi connectivity index (χ3v) is 3.71. The van der Waals surface area contributed by atoms with Gasteiger partial charge in [0.05, 0.1) is 17.4 Å². The number of hydrogen-bond acceptors (Lipinski definition) is 2. The average Bonchev–Trinajstić information content (AvgIpc) is 3.26. The third kappa shape index (κ3) is 2.60. The summed E-state index contributed by atoms with van der Waals surface area (Å²) in [5.74, 6) is -0.143. The van der Waals surface area contributed by atoms with Crippen LogP contribution in [0.25, 0.3) is 16.7 Å². The van der Waals surface area contributed by atoms with E-state index in [9.17, 15) is 4.79 Å². The number of hydrogen-bond donors (Lipinski definition) is 2. The summed E-state index contributed by atoms with van der Waals surface area (Å²) in [5.41, 5.74) is 4.09. The Morgan fingerprint density at radius 2 is 1.83 bits per heavy atom. The number of H-pyrrole nitrogens is 1. The summed E-state index contributed by atoms with van der Waals surface area (Å²) in [6.07, 6.45) is 5.58. The highest BCUT2D eigenvalue weighted by Gasteiger charge is 2.08. The largest absolute Gasteiger partial charge is 0.345 e. The van der Waals surface area contributed by atoms with Gasteiger partial charge in [-0.15, -0.1) is 0 Å². The van der Waals surface area contributed by atoms with Crippen molar-refractivity contribution in [1.82, 2.24) is 14.5 Å². The first-order chi connectivity index (χ1) is 11.3. The number of aromatic nitrogens is 3. The van der Waals surface area contributed by atoms with Crippen molar-refractivity contribution >= 4 is 22.6 Å². The van der Waals surface area contributed by atoms with Gasteiger partial charge in [0, 0.05) is 29.3 Å². The molecule has 2 heterocycles. The summed E-state index contributed by atoms with van der Waals surface area (Å²) in [7, 11) is 0. The van der Waals surface area contributed by atoms with E-state index in [1.807, 2.05) is 59.4 Å². The first-order valence-electron chi connectivity index (χ1n) is 7.27. The van der Waals surface area contributed by atoms with Crippen molar-refractivity contribution in [1.29, 1.82) is 0 Å². The van der Waals surface area contributed by atoms with Gasteiger partial charge in [-0.1, -0.05) is 0 Å². The highest BCUT2D eigenvalue weighted by molar-refractivity contribution is 6.05. The monoisotopic (exact) mass is 302 g/mol. The molecule has 0 spiro atoms. The van der Waals surface area contributed by atoms with Crippen LogP contribution in [0, 0.1) is 0 Å². The van der Waals surface area contributed by atoms with Crippen LogP contribution in [-0.4, -0.2) is 20.4 Å². The lowest BCUT2D eigenvalue weighted by molar-refractivity contribution is 0.102. The van der Waals surface area contributed by atoms with E-state index in [4.69, 9.17) is 0 Å². The number of rotatable bonds is 3. The molecule has 1 amide bonds. The van der Waals surface area contributed by atoms with Gasteiger partial charge in [-0.25, -0.2) is 4.98 Å². The molecule has 0 bridgehead atoms. The summed E-state index contributed by atoms with van der Waals surface area (Å²) in [6, 6.07) is 17.1. The second-order valence-corrected chi connectivity index (χ2v) is 5.23. The first kappa shape index (κ1) is 13.3. The zero-order valence-corrected chi connectivity index (χ0v) is 12.2. The Balaban J connectivity index is 1.53. The standard InChI is InChI=1S/C18H14N4O/c23-18(13-3-8-16-17(11-13)20-12-19-16)21-14-4-6-15(7-5-14)22-9-1-2-10-22/h1-12H,(H,19,20)(H,21,23). The molecule has 4 rings (SSSR count). The van der Waals surface area contributed by atoms with Gasteiger partial charge in [-0.2, -0.15) is 0 Å². The number of amides is 1. The normalized spacial score (nSPS) is 10.8. The maximum absolute atomic E-state index is 12.3. The van der Waals surface area contributed by atoms with Crippen molar-refractivity contribution in [2.45, 2.75) is 0 Å². The molecule has 5 nitrogen and oxygen atoms in total. The quantitative estimate of drug-likeness (QED) is 0.607. The van der Waals surface area contributed by atoms with Crippen LogP contribution in [0.5, 0.6) is 0 Å². The maximum atomic E-state index is 12.3. The number of carbonyl (C=O) groups excluding carboxylic acids is 1. The van der Waals surface area contributed by atoms with Crippen LogP contribution < -0.4 is 5.32 Å². The fourth-order valence-electron chi connectivity index (χ4n) is 2.50. The summed E-state index contributed by atoms with van der Waals surface area (Å²) >= 11 is 0. The summed E-state index contributed by atoms with van der Waals surface area (Å²) in [6.45, 7) is 0. The molecule has 0 unspecified atom stereocenters. The van der Waals surface area contributed by atoms with E-state index in [1.165, 1.54) is 0 Å². The maximum Gasteiger partial charge on any atom is 0.255 e. The lowest BCUT2D eigenvalue weighted by Crippen LogP contribution is -2.11. The Kier molecular flexibility index (Phi) is 3.16. The van der Waals surface area contributed by atoms with E-state index in [1.54, 1.807) is 18.5 Å². The fourth-order valence-corrected chi connectivity index (χ4v) is 2.50. The molecule has 0 aliphatic rings. The summed E-state index contributed by atoms with van der Waals surface area (Å²) in [5, 5.41) is 2.91. The van der Waals surface area contributed by atoms with Crippen LogP contribution in [0.15, 0.2) is 73.3 Å². The van der Waals surface area contributed by atoms with Crippen LogP contribution in [0.1, 0.15) is 10.4 Å². The predicted octanol–water partition coefficient (Wildman–Crippen LogP) is 3.61. The minimum Gasteiger partial charge on any atom is -0.345 e. The SMILES string of the molecule is O=C(Nc1ccc(-n2cccc2)cc1)c1ccc2nc[nH]c2c1. The smallest absolute Gasteiger partial charge is 0.255 e. The molecule has 0 aliphatic carbocycles. The number of imidazole rings is 1. The summed E-state index contributed by atoms with van der Waals surface area (Å²) in [4.78, 5) is 19.5. The Morgan fingerprint density at radius 3 is 2.61 bits per heavy atom. The van der Waals surface area contributed by atoms with E-state index in [0.717, 1.165) is 22.4 Å². The molecule has 5 heteroatoms. The zero-order chi connectivity index (χ0) is 15.6. The van der Waals surface area contributed by atoms with Gasteiger partial charge in [0.25, 0.3) is 5.91 Å². The van der Waals surface area contributed by atoms with Gasteiger partial charge in [0.1, 0.15) is 0 Å². The fraction of sp³-hybridized carbons (Fsp3) is 0. The first-order valence-corrected chi connectivity index (χ1v) is 7.27. The Bertz CT molecular complexity index is 952. The van der Waals surface area contributed by atoms with Crippen molar-refractivity contribution in [3.8, 4) is 5.69 Å². The molecular weight excluding hydrogens is 288 g/mol. The second kappa shape index (κ2) is 5.46. The third-order valence-electron chi connectivity index (χ3n) is 3.71. The van der Waals surface area contributed by atoms with E-state index >= 15 is 0 Å². The van der Waals surface area contributed by atoms with Crippen LogP contribution in [0.3, 0.4) is 0 Å². The topological polar surface area (TPSA) is 62.7 Å². The molecule has 23 heavy (non-hydrogen) atoms. The Labute approximate surface area is 132 Å². The Morgan fingerprint density at radius 1 is 1.04 bits per heavy atom. The van der Waals surface area contributed by atoms with Gasteiger partial charge < -0.3 is 14.9 Å². The number of anilines is 1. The molecule has 0 saturated heterocycles. The number of benzene rings is 2. The predicted molar refractivity (Wildman–Crippen MR) is 89.8 cm³/mol. The molecule has 2 aromatic heterocycles. The summed E-state index contributed by atoms with van der Waals surface area (Å²) < 4.78 is 2.01. The van der Waals surface area contributed by atoms with Gasteiger partial charge in [-0.3, -0.25) is 4.79 Å². The number of nitrogens with zero attached hydrogens (tertiary/aromatic N) is 2. The molecule has 0 aliphatic heterocycles. The average molecular weight is 302 g/mol. The van der Waals surface area contributed by atoms with Crippen LogP contribution in [0.4, 0.5) is 5.69 Å². The minimum absolute atomic E-state index is 0.143. The van der Waals surface area contributed by atoms with Crippen molar-refractivity contribution < 1.29 is 4.79 Å². The van der Waals surface area contributed by atoms with Gasteiger partial charge >= 0.3 is 0 Å². The number of aromatic amines is 1. The van der Waals surface area contributed by atoms with E-state index in [-0.39, 0.29) is 5.91 Å². The molecule has 0 radical (unpaired) electrons. The van der Waals surface area contributed by atoms with E-state index in [0.29, 0.717) is 5.56 Å². The lowest BCUT2D eigenvalue weighted by Gasteiger charge is -2.07. The van der Waals surface area contributed by atoms with Gasteiger partial charge in [-0.05, 0) is 54.6 Å². The zero-order valence-electron chi connectivity index (χ0n) is 12.2. The lowest BCUT2D eigenvalue weighted by atomic mass is 10.2. The van der Waals surface area contributed by atoms with Crippen molar-refractivity contribution in [3.05, 3.63) is 78.9 Å². The molecule has 0 atom stereocenters. The van der Waals surface area contributed by atoms with E-state index < -0.39 is 0 Å². The molecular formula is C18H14N4O. The highest BCUT2D eigenvalue weighted by atomic mass is 16.1. The van der Waals surface area contributed by atoms with E-state index in [2.05, 4.69) is 15.3 Å². The molecule has 2 N–H and O–H groups in total. The second-order valence-electron chi connectivity index (χ2n) is 5.23. The van der Waals surface area contributed by atoms with Gasteiger partial charge in [0.15, 0.2) is 0 Å². The number of fused-ring (bicyclic) bond motifs is 1. The van der Waals surface area contributed by atoms with Crippen LogP contribution in [-0.2, 0) is 0 Å². The van der Waals surface area contributed by atoms with Crippen molar-refractivity contribution in [2.24, 2.45) is 0 Å².